The van der Waals surface area contributed by atoms with Gasteiger partial charge in [0.2, 0.25) is 0 Å². The number of anilines is 1. The molecule has 21 heavy (non-hydrogen) atoms. The van der Waals surface area contributed by atoms with Crippen LogP contribution in [0, 0.1) is 12.7 Å². The van der Waals surface area contributed by atoms with Crippen molar-refractivity contribution in [3.63, 3.8) is 0 Å². The Morgan fingerprint density at radius 2 is 1.86 bits per heavy atom. The van der Waals surface area contributed by atoms with E-state index in [4.69, 9.17) is 0 Å². The molecule has 0 aliphatic carbocycles. The zero-order valence-electron chi connectivity index (χ0n) is 12.2. The first-order valence-electron chi connectivity index (χ1n) is 6.97. The highest BCUT2D eigenvalue weighted by atomic mass is 19.1. The SMILES string of the molecule is CCNc1ccc(C)cc1C(=O)NCc1ccc(F)cc1. The Balaban J connectivity index is 2.09. The van der Waals surface area contributed by atoms with Crippen molar-refractivity contribution in [1.29, 1.82) is 0 Å². The Morgan fingerprint density at radius 3 is 2.52 bits per heavy atom. The highest BCUT2D eigenvalue weighted by molar-refractivity contribution is 5.99. The minimum Gasteiger partial charge on any atom is -0.385 e. The molecule has 0 aliphatic heterocycles. The van der Waals surface area contributed by atoms with Gasteiger partial charge < -0.3 is 10.6 Å². The van der Waals surface area contributed by atoms with E-state index in [0.29, 0.717) is 12.1 Å². The summed E-state index contributed by atoms with van der Waals surface area (Å²) in [6.07, 6.45) is 0. The Labute approximate surface area is 124 Å². The highest BCUT2D eigenvalue weighted by Gasteiger charge is 2.11. The third kappa shape index (κ3) is 4.05. The smallest absolute Gasteiger partial charge is 0.253 e. The summed E-state index contributed by atoms with van der Waals surface area (Å²) in [5.41, 5.74) is 3.34. The van der Waals surface area contributed by atoms with Crippen molar-refractivity contribution in [3.8, 4) is 0 Å². The molecule has 4 heteroatoms. The first kappa shape index (κ1) is 15.0. The van der Waals surface area contributed by atoms with Crippen LogP contribution in [0.4, 0.5) is 10.1 Å². The van der Waals surface area contributed by atoms with Gasteiger partial charge in [0.05, 0.1) is 5.56 Å². The second kappa shape index (κ2) is 6.88. The molecule has 2 rings (SSSR count). The summed E-state index contributed by atoms with van der Waals surface area (Å²) in [5.74, 6) is -0.419. The van der Waals surface area contributed by atoms with Gasteiger partial charge in [-0.2, -0.15) is 0 Å². The van der Waals surface area contributed by atoms with E-state index >= 15 is 0 Å². The molecule has 0 saturated heterocycles. The normalized spacial score (nSPS) is 10.2. The summed E-state index contributed by atoms with van der Waals surface area (Å²) in [7, 11) is 0. The molecule has 0 spiro atoms. The lowest BCUT2D eigenvalue weighted by atomic mass is 10.1. The Hall–Kier alpha value is -2.36. The minimum atomic E-state index is -0.279. The molecule has 0 heterocycles. The Morgan fingerprint density at radius 1 is 1.14 bits per heavy atom. The fourth-order valence-electron chi connectivity index (χ4n) is 2.07. The van der Waals surface area contributed by atoms with Crippen molar-refractivity contribution in [2.24, 2.45) is 0 Å². The largest absolute Gasteiger partial charge is 0.385 e. The average molecular weight is 286 g/mol. The average Bonchev–Trinajstić information content (AvgIpc) is 2.48. The minimum absolute atomic E-state index is 0.140. The molecule has 0 unspecified atom stereocenters. The maximum Gasteiger partial charge on any atom is 0.253 e. The highest BCUT2D eigenvalue weighted by Crippen LogP contribution is 2.17. The van der Waals surface area contributed by atoms with Gasteiger partial charge >= 0.3 is 0 Å². The number of benzene rings is 2. The molecule has 2 aromatic carbocycles. The number of nitrogens with one attached hydrogen (secondary N) is 2. The van der Waals surface area contributed by atoms with Gasteiger partial charge in [0.15, 0.2) is 0 Å². The Kier molecular flexibility index (Phi) is 4.93. The monoisotopic (exact) mass is 286 g/mol. The molecule has 0 saturated carbocycles. The molecule has 110 valence electrons. The van der Waals surface area contributed by atoms with Gasteiger partial charge in [0.1, 0.15) is 5.82 Å². The lowest BCUT2D eigenvalue weighted by Gasteiger charge is -2.12. The van der Waals surface area contributed by atoms with E-state index in [2.05, 4.69) is 10.6 Å². The van der Waals surface area contributed by atoms with Gasteiger partial charge in [-0.3, -0.25) is 4.79 Å². The zero-order chi connectivity index (χ0) is 15.2. The summed E-state index contributed by atoms with van der Waals surface area (Å²) >= 11 is 0. The number of hydrogen-bond donors (Lipinski definition) is 2. The maximum atomic E-state index is 12.8. The van der Waals surface area contributed by atoms with Gasteiger partial charge in [-0.15, -0.1) is 0 Å². The standard InChI is InChI=1S/C17H19FN2O/c1-3-19-16-9-4-12(2)10-15(16)17(21)20-11-13-5-7-14(18)8-6-13/h4-10,19H,3,11H2,1-2H3,(H,20,21). The number of amides is 1. The van der Waals surface area contributed by atoms with Crippen LogP contribution in [-0.2, 0) is 6.54 Å². The van der Waals surface area contributed by atoms with Crippen LogP contribution in [0.2, 0.25) is 0 Å². The summed E-state index contributed by atoms with van der Waals surface area (Å²) in [6.45, 7) is 5.06. The third-order valence-corrected chi connectivity index (χ3v) is 3.15. The molecule has 0 fully saturated rings. The first-order valence-corrected chi connectivity index (χ1v) is 6.97. The lowest BCUT2D eigenvalue weighted by Crippen LogP contribution is -2.24. The Bertz CT molecular complexity index is 623. The number of aryl methyl sites for hydroxylation is 1. The van der Waals surface area contributed by atoms with E-state index in [-0.39, 0.29) is 11.7 Å². The lowest BCUT2D eigenvalue weighted by molar-refractivity contribution is 0.0951. The number of halogens is 1. The molecular formula is C17H19FN2O. The topological polar surface area (TPSA) is 41.1 Å². The third-order valence-electron chi connectivity index (χ3n) is 3.15. The van der Waals surface area contributed by atoms with Crippen LogP contribution < -0.4 is 10.6 Å². The van der Waals surface area contributed by atoms with E-state index in [1.807, 2.05) is 32.0 Å². The number of rotatable bonds is 5. The summed E-state index contributed by atoms with van der Waals surface area (Å²) in [4.78, 5) is 12.3. The number of carbonyl (C=O) groups is 1. The van der Waals surface area contributed by atoms with Crippen LogP contribution in [0.15, 0.2) is 42.5 Å². The maximum absolute atomic E-state index is 12.8. The van der Waals surface area contributed by atoms with E-state index in [9.17, 15) is 9.18 Å². The van der Waals surface area contributed by atoms with Gasteiger partial charge in [0.25, 0.3) is 5.91 Å². The zero-order valence-corrected chi connectivity index (χ0v) is 12.2. The van der Waals surface area contributed by atoms with Crippen molar-refractivity contribution in [3.05, 3.63) is 65.0 Å². The van der Waals surface area contributed by atoms with Crippen molar-refractivity contribution in [1.82, 2.24) is 5.32 Å². The van der Waals surface area contributed by atoms with Crippen LogP contribution in [0.5, 0.6) is 0 Å². The van der Waals surface area contributed by atoms with Gasteiger partial charge in [-0.1, -0.05) is 23.8 Å². The molecule has 1 amide bonds. The molecule has 2 aromatic rings. The molecule has 3 nitrogen and oxygen atoms in total. The predicted molar refractivity (Wildman–Crippen MR) is 82.9 cm³/mol. The molecule has 0 radical (unpaired) electrons. The fourth-order valence-corrected chi connectivity index (χ4v) is 2.07. The van der Waals surface area contributed by atoms with Crippen molar-refractivity contribution in [2.75, 3.05) is 11.9 Å². The summed E-state index contributed by atoms with van der Waals surface area (Å²) in [5, 5.41) is 6.04. The molecule has 0 atom stereocenters. The van der Waals surface area contributed by atoms with Crippen LogP contribution in [0.3, 0.4) is 0 Å². The summed E-state index contributed by atoms with van der Waals surface area (Å²) in [6, 6.07) is 11.8. The van der Waals surface area contributed by atoms with Crippen LogP contribution in [-0.4, -0.2) is 12.5 Å². The second-order valence-corrected chi connectivity index (χ2v) is 4.89. The number of carbonyl (C=O) groups excluding carboxylic acids is 1. The van der Waals surface area contributed by atoms with E-state index in [1.54, 1.807) is 12.1 Å². The second-order valence-electron chi connectivity index (χ2n) is 4.89. The molecule has 0 bridgehead atoms. The molecule has 0 aliphatic rings. The molecular weight excluding hydrogens is 267 g/mol. The quantitative estimate of drug-likeness (QED) is 0.883. The van der Waals surface area contributed by atoms with Gasteiger partial charge in [0, 0.05) is 18.8 Å². The van der Waals surface area contributed by atoms with E-state index < -0.39 is 0 Å². The van der Waals surface area contributed by atoms with Crippen LogP contribution in [0.1, 0.15) is 28.4 Å². The van der Waals surface area contributed by atoms with E-state index in [1.165, 1.54) is 12.1 Å². The molecule has 2 N–H and O–H groups in total. The van der Waals surface area contributed by atoms with Crippen LogP contribution >= 0.6 is 0 Å². The van der Waals surface area contributed by atoms with Crippen LogP contribution in [0.25, 0.3) is 0 Å². The van der Waals surface area contributed by atoms with Crippen molar-refractivity contribution in [2.45, 2.75) is 20.4 Å². The fraction of sp³-hybridized carbons (Fsp3) is 0.235. The van der Waals surface area contributed by atoms with Gasteiger partial charge in [-0.05, 0) is 43.7 Å². The van der Waals surface area contributed by atoms with E-state index in [0.717, 1.165) is 23.4 Å². The first-order chi connectivity index (χ1) is 10.1. The van der Waals surface area contributed by atoms with Crippen molar-refractivity contribution >= 4 is 11.6 Å². The van der Waals surface area contributed by atoms with Gasteiger partial charge in [-0.25, -0.2) is 4.39 Å². The molecule has 0 aromatic heterocycles. The number of hydrogen-bond acceptors (Lipinski definition) is 2. The summed E-state index contributed by atoms with van der Waals surface area (Å²) < 4.78 is 12.8. The van der Waals surface area contributed by atoms with Crippen molar-refractivity contribution < 1.29 is 9.18 Å². The predicted octanol–water partition coefficient (Wildman–Crippen LogP) is 3.50.